The molecule has 4 nitrogen and oxygen atoms in total. The molecule has 2 aromatic carbocycles. The first-order chi connectivity index (χ1) is 11.8. The number of nitrogens with zero attached hydrogens (tertiary/aromatic N) is 3. The number of halogens is 1. The second-order valence-electron chi connectivity index (χ2n) is 5.79. The number of aromatic nitrogens is 2. The van der Waals surface area contributed by atoms with Crippen LogP contribution in [0.2, 0.25) is 0 Å². The van der Waals surface area contributed by atoms with Crippen LogP contribution in [0.1, 0.15) is 11.1 Å². The molecule has 0 aliphatic carbocycles. The van der Waals surface area contributed by atoms with Gasteiger partial charge in [-0.1, -0.05) is 36.4 Å². The Balaban J connectivity index is 1.56. The monoisotopic (exact) mass is 380 g/mol. The van der Waals surface area contributed by atoms with Crippen LogP contribution in [0, 0.1) is 0 Å². The normalized spacial score (nSPS) is 13.5. The molecule has 1 aliphatic rings. The van der Waals surface area contributed by atoms with Crippen molar-refractivity contribution in [3.63, 3.8) is 0 Å². The Kier molecular flexibility index (Phi) is 4.17. The van der Waals surface area contributed by atoms with E-state index in [-0.39, 0.29) is 0 Å². The van der Waals surface area contributed by atoms with Gasteiger partial charge in [-0.2, -0.15) is 4.98 Å². The van der Waals surface area contributed by atoms with Crippen molar-refractivity contribution in [1.29, 1.82) is 0 Å². The Bertz CT molecular complexity index is 865. The fraction of sp³-hybridized carbons (Fsp3) is 0.158. The Morgan fingerprint density at radius 3 is 2.62 bits per heavy atom. The van der Waals surface area contributed by atoms with Crippen molar-refractivity contribution < 1.29 is 0 Å². The highest BCUT2D eigenvalue weighted by Crippen LogP contribution is 2.26. The van der Waals surface area contributed by atoms with E-state index in [4.69, 9.17) is 0 Å². The molecule has 5 heteroatoms. The van der Waals surface area contributed by atoms with Gasteiger partial charge in [0, 0.05) is 23.8 Å². The molecule has 0 saturated heterocycles. The van der Waals surface area contributed by atoms with Crippen LogP contribution in [0.4, 0.5) is 17.5 Å². The molecule has 0 bridgehead atoms. The topological polar surface area (TPSA) is 41.1 Å². The predicted molar refractivity (Wildman–Crippen MR) is 101 cm³/mol. The lowest BCUT2D eigenvalue weighted by Crippen LogP contribution is -2.31. The summed E-state index contributed by atoms with van der Waals surface area (Å²) in [5.41, 5.74) is 3.78. The minimum atomic E-state index is 0.765. The number of anilines is 3. The Labute approximate surface area is 149 Å². The van der Waals surface area contributed by atoms with Crippen LogP contribution in [-0.2, 0) is 13.0 Å². The van der Waals surface area contributed by atoms with Gasteiger partial charge in [0.25, 0.3) is 0 Å². The van der Waals surface area contributed by atoms with Gasteiger partial charge in [0.15, 0.2) is 0 Å². The molecule has 1 N–H and O–H groups in total. The Morgan fingerprint density at radius 1 is 0.958 bits per heavy atom. The molecule has 120 valence electrons. The van der Waals surface area contributed by atoms with Crippen molar-refractivity contribution in [2.75, 3.05) is 16.8 Å². The highest BCUT2D eigenvalue weighted by Gasteiger charge is 2.18. The number of rotatable bonds is 3. The van der Waals surface area contributed by atoms with E-state index in [1.165, 1.54) is 11.1 Å². The summed E-state index contributed by atoms with van der Waals surface area (Å²) in [6.07, 6.45) is 2.84. The average molecular weight is 381 g/mol. The van der Waals surface area contributed by atoms with Crippen LogP contribution in [0.15, 0.2) is 65.3 Å². The predicted octanol–water partition coefficient (Wildman–Crippen LogP) is 4.55. The molecular weight excluding hydrogens is 364 g/mol. The maximum atomic E-state index is 4.69. The summed E-state index contributed by atoms with van der Waals surface area (Å²) in [5, 5.41) is 3.35. The van der Waals surface area contributed by atoms with Crippen molar-refractivity contribution in [3.05, 3.63) is 76.4 Å². The first-order valence-corrected chi connectivity index (χ1v) is 8.75. The van der Waals surface area contributed by atoms with Crippen molar-refractivity contribution >= 4 is 33.4 Å². The summed E-state index contributed by atoms with van der Waals surface area (Å²) in [6.45, 7) is 1.80. The summed E-state index contributed by atoms with van der Waals surface area (Å²) < 4.78 is 1.01. The lowest BCUT2D eigenvalue weighted by atomic mass is 10.0. The fourth-order valence-electron chi connectivity index (χ4n) is 2.94. The Hall–Kier alpha value is -2.40. The van der Waals surface area contributed by atoms with E-state index < -0.39 is 0 Å². The van der Waals surface area contributed by atoms with E-state index in [2.05, 4.69) is 60.4 Å². The number of fused-ring (bicyclic) bond motifs is 1. The molecule has 0 fully saturated rings. The molecule has 0 saturated carbocycles. The third-order valence-electron chi connectivity index (χ3n) is 4.19. The van der Waals surface area contributed by atoms with Gasteiger partial charge >= 0.3 is 0 Å². The zero-order valence-corrected chi connectivity index (χ0v) is 14.7. The van der Waals surface area contributed by atoms with Gasteiger partial charge in [0.05, 0.1) is 5.69 Å². The molecule has 4 rings (SSSR count). The Morgan fingerprint density at radius 2 is 1.75 bits per heavy atom. The molecule has 0 amide bonds. The molecule has 3 aromatic rings. The largest absolute Gasteiger partial charge is 0.339 e. The van der Waals surface area contributed by atoms with Gasteiger partial charge in [0.2, 0.25) is 5.95 Å². The summed E-state index contributed by atoms with van der Waals surface area (Å²) in [4.78, 5) is 11.4. The van der Waals surface area contributed by atoms with Crippen LogP contribution in [0.3, 0.4) is 0 Å². The second kappa shape index (κ2) is 6.61. The summed E-state index contributed by atoms with van der Waals surface area (Å²) in [7, 11) is 0. The number of benzene rings is 2. The van der Waals surface area contributed by atoms with E-state index in [9.17, 15) is 0 Å². The standard InChI is InChI=1S/C19H17BrN4/c20-16-7-3-4-8-17(16)22-18-9-11-21-19(23-18)24-12-10-14-5-1-2-6-15(14)13-24/h1-9,11H,10,12-13H2,(H,21,22,23). The quantitative estimate of drug-likeness (QED) is 0.723. The van der Waals surface area contributed by atoms with E-state index in [1.54, 1.807) is 0 Å². The van der Waals surface area contributed by atoms with Crippen molar-refractivity contribution in [2.45, 2.75) is 13.0 Å². The molecule has 0 spiro atoms. The third-order valence-corrected chi connectivity index (χ3v) is 4.88. The minimum absolute atomic E-state index is 0.765. The molecule has 2 heterocycles. The SMILES string of the molecule is Brc1ccccc1Nc1ccnc(N2CCc3ccccc3C2)n1. The number of para-hydroxylation sites is 1. The van der Waals surface area contributed by atoms with E-state index in [1.807, 2.05) is 36.5 Å². The van der Waals surface area contributed by atoms with Crippen LogP contribution in [-0.4, -0.2) is 16.5 Å². The fourth-order valence-corrected chi connectivity index (χ4v) is 3.32. The highest BCUT2D eigenvalue weighted by molar-refractivity contribution is 9.10. The van der Waals surface area contributed by atoms with Crippen LogP contribution in [0.25, 0.3) is 0 Å². The molecular formula is C19H17BrN4. The van der Waals surface area contributed by atoms with Gasteiger partial charge in [-0.3, -0.25) is 0 Å². The van der Waals surface area contributed by atoms with Crippen molar-refractivity contribution in [1.82, 2.24) is 9.97 Å². The van der Waals surface area contributed by atoms with Crippen LogP contribution < -0.4 is 10.2 Å². The number of hydrogen-bond donors (Lipinski definition) is 1. The van der Waals surface area contributed by atoms with Crippen LogP contribution >= 0.6 is 15.9 Å². The highest BCUT2D eigenvalue weighted by atomic mass is 79.9. The first kappa shape index (κ1) is 15.1. The summed E-state index contributed by atoms with van der Waals surface area (Å²) >= 11 is 3.55. The van der Waals surface area contributed by atoms with Gasteiger partial charge in [-0.15, -0.1) is 0 Å². The molecule has 24 heavy (non-hydrogen) atoms. The van der Waals surface area contributed by atoms with E-state index in [0.717, 1.165) is 41.4 Å². The molecule has 0 unspecified atom stereocenters. The lowest BCUT2D eigenvalue weighted by Gasteiger charge is -2.29. The molecule has 0 radical (unpaired) electrons. The second-order valence-corrected chi connectivity index (χ2v) is 6.64. The first-order valence-electron chi connectivity index (χ1n) is 7.96. The maximum absolute atomic E-state index is 4.69. The number of hydrogen-bond acceptors (Lipinski definition) is 4. The van der Waals surface area contributed by atoms with Gasteiger partial charge in [0.1, 0.15) is 5.82 Å². The van der Waals surface area contributed by atoms with Gasteiger partial charge < -0.3 is 10.2 Å². The summed E-state index contributed by atoms with van der Waals surface area (Å²) in [6, 6.07) is 18.5. The molecule has 1 aliphatic heterocycles. The van der Waals surface area contributed by atoms with Crippen molar-refractivity contribution in [3.8, 4) is 0 Å². The lowest BCUT2D eigenvalue weighted by molar-refractivity contribution is 0.708. The minimum Gasteiger partial charge on any atom is -0.339 e. The number of nitrogens with one attached hydrogen (secondary N) is 1. The molecule has 0 atom stereocenters. The molecule has 1 aromatic heterocycles. The van der Waals surface area contributed by atoms with Crippen LogP contribution in [0.5, 0.6) is 0 Å². The van der Waals surface area contributed by atoms with Crippen molar-refractivity contribution in [2.24, 2.45) is 0 Å². The maximum Gasteiger partial charge on any atom is 0.227 e. The average Bonchev–Trinajstić information content (AvgIpc) is 2.63. The smallest absolute Gasteiger partial charge is 0.227 e. The zero-order valence-electron chi connectivity index (χ0n) is 13.1. The van der Waals surface area contributed by atoms with Gasteiger partial charge in [-0.05, 0) is 51.7 Å². The third kappa shape index (κ3) is 3.12. The van der Waals surface area contributed by atoms with Gasteiger partial charge in [-0.25, -0.2) is 4.98 Å². The zero-order chi connectivity index (χ0) is 16.4. The van der Waals surface area contributed by atoms with E-state index >= 15 is 0 Å². The van der Waals surface area contributed by atoms with E-state index in [0.29, 0.717) is 0 Å². The summed E-state index contributed by atoms with van der Waals surface area (Å²) in [5.74, 6) is 1.56.